The third kappa shape index (κ3) is 25.1. The van der Waals surface area contributed by atoms with Crippen LogP contribution in [-0.4, -0.2) is 34.9 Å². The van der Waals surface area contributed by atoms with Gasteiger partial charge in [-0.05, 0) is 12.8 Å². The summed E-state index contributed by atoms with van der Waals surface area (Å²) in [5.74, 6) is -0.0323. The molecular weight excluding hydrogens is 446 g/mol. The van der Waals surface area contributed by atoms with E-state index < -0.39 is 12.1 Å². The van der Waals surface area contributed by atoms with Crippen LogP contribution in [0.3, 0.4) is 0 Å². The molecule has 0 aromatic carbocycles. The van der Waals surface area contributed by atoms with E-state index in [1.165, 1.54) is 128 Å². The second-order valence-corrected chi connectivity index (χ2v) is 11.2. The number of unbranched alkanes of at least 4 members (excludes halogenated alkanes) is 22. The molecule has 0 rings (SSSR count). The molecule has 0 unspecified atom stereocenters. The molecule has 0 saturated carbocycles. The van der Waals surface area contributed by atoms with Gasteiger partial charge in [-0.15, -0.1) is 0 Å². The van der Waals surface area contributed by atoms with Crippen LogP contribution in [-0.2, 0) is 4.79 Å². The molecule has 36 heavy (non-hydrogen) atoms. The molecule has 0 fully saturated rings. The van der Waals surface area contributed by atoms with Gasteiger partial charge in [-0.2, -0.15) is 0 Å². The number of hydrogen-bond donors (Lipinski definition) is 3. The molecule has 4 heteroatoms. The summed E-state index contributed by atoms with van der Waals surface area (Å²) in [5.41, 5.74) is 0. The van der Waals surface area contributed by atoms with Gasteiger partial charge >= 0.3 is 0 Å². The van der Waals surface area contributed by atoms with Gasteiger partial charge in [0.05, 0.1) is 18.8 Å². The number of aliphatic hydroxyl groups is 2. The monoisotopic (exact) mass is 511 g/mol. The van der Waals surface area contributed by atoms with Crippen LogP contribution >= 0.6 is 0 Å². The topological polar surface area (TPSA) is 69.6 Å². The van der Waals surface area contributed by atoms with E-state index in [2.05, 4.69) is 19.2 Å². The number of carbonyl (C=O) groups excluding carboxylic acids is 1. The highest BCUT2D eigenvalue weighted by Gasteiger charge is 2.19. The van der Waals surface area contributed by atoms with Crippen molar-refractivity contribution in [3.05, 3.63) is 0 Å². The Labute approximate surface area is 225 Å². The molecule has 0 aliphatic rings. The number of carbonyl (C=O) groups is 1. The summed E-state index contributed by atoms with van der Waals surface area (Å²) >= 11 is 0. The van der Waals surface area contributed by atoms with Crippen LogP contribution in [0.5, 0.6) is 0 Å². The first kappa shape index (κ1) is 35.4. The lowest BCUT2D eigenvalue weighted by Gasteiger charge is -2.22. The van der Waals surface area contributed by atoms with Crippen LogP contribution in [0.25, 0.3) is 0 Å². The van der Waals surface area contributed by atoms with Crippen LogP contribution in [0.4, 0.5) is 0 Å². The van der Waals surface area contributed by atoms with Crippen molar-refractivity contribution in [2.75, 3.05) is 6.61 Å². The predicted molar refractivity (Wildman–Crippen MR) is 156 cm³/mol. The summed E-state index contributed by atoms with van der Waals surface area (Å²) in [4.78, 5) is 12.2. The van der Waals surface area contributed by atoms with Crippen molar-refractivity contribution in [1.29, 1.82) is 0 Å². The maximum atomic E-state index is 12.2. The summed E-state index contributed by atoms with van der Waals surface area (Å²) in [6.07, 6.45) is 31.4. The fourth-order valence-corrected chi connectivity index (χ4v) is 5.06. The highest BCUT2D eigenvalue weighted by Crippen LogP contribution is 2.15. The van der Waals surface area contributed by atoms with Crippen LogP contribution in [0.15, 0.2) is 0 Å². The van der Waals surface area contributed by atoms with E-state index in [4.69, 9.17) is 0 Å². The summed E-state index contributed by atoms with van der Waals surface area (Å²) in [5, 5.41) is 22.9. The quantitative estimate of drug-likeness (QED) is 0.0877. The third-order valence-corrected chi connectivity index (χ3v) is 7.62. The molecule has 0 saturated heterocycles. The Bertz CT molecular complexity index is 443. The molecule has 3 N–H and O–H groups in total. The first-order valence-electron chi connectivity index (χ1n) is 16.2. The Balaban J connectivity index is 3.55. The minimum atomic E-state index is -0.649. The highest BCUT2D eigenvalue weighted by molar-refractivity contribution is 5.76. The molecule has 0 heterocycles. The van der Waals surface area contributed by atoms with Crippen LogP contribution in [0.1, 0.15) is 181 Å². The second-order valence-electron chi connectivity index (χ2n) is 11.2. The molecule has 1 amide bonds. The van der Waals surface area contributed by atoms with Crippen molar-refractivity contribution >= 4 is 5.91 Å². The average Bonchev–Trinajstić information content (AvgIpc) is 2.88. The summed E-state index contributed by atoms with van der Waals surface area (Å²) < 4.78 is 0. The zero-order chi connectivity index (χ0) is 26.5. The molecule has 0 bridgehead atoms. The molecule has 0 aromatic heterocycles. The van der Waals surface area contributed by atoms with E-state index in [0.717, 1.165) is 25.7 Å². The van der Waals surface area contributed by atoms with E-state index in [-0.39, 0.29) is 12.5 Å². The standard InChI is InChI=1S/C32H65NO3/c1-3-5-7-9-11-13-15-16-17-18-20-22-24-26-28-32(36)33-30(29-34)31(35)27-25-23-21-19-14-12-10-8-6-4-2/h30-31,34-35H,3-29H2,1-2H3,(H,33,36)/t30-,31+/m0/s1. The van der Waals surface area contributed by atoms with Crippen molar-refractivity contribution in [3.8, 4) is 0 Å². The van der Waals surface area contributed by atoms with Gasteiger partial charge in [-0.25, -0.2) is 0 Å². The van der Waals surface area contributed by atoms with E-state index in [9.17, 15) is 15.0 Å². The lowest BCUT2D eigenvalue weighted by molar-refractivity contribution is -0.123. The Morgan fingerprint density at radius 3 is 1.25 bits per heavy atom. The van der Waals surface area contributed by atoms with Crippen molar-refractivity contribution in [1.82, 2.24) is 5.32 Å². The maximum absolute atomic E-state index is 12.2. The molecule has 0 aliphatic carbocycles. The van der Waals surface area contributed by atoms with Gasteiger partial charge in [0.2, 0.25) is 5.91 Å². The molecular formula is C32H65NO3. The van der Waals surface area contributed by atoms with Crippen molar-refractivity contribution in [3.63, 3.8) is 0 Å². The molecule has 216 valence electrons. The first-order valence-corrected chi connectivity index (χ1v) is 16.2. The lowest BCUT2D eigenvalue weighted by atomic mass is 10.0. The van der Waals surface area contributed by atoms with Gasteiger partial charge in [-0.3, -0.25) is 4.79 Å². The molecule has 0 aromatic rings. The van der Waals surface area contributed by atoms with Crippen molar-refractivity contribution < 1.29 is 15.0 Å². The number of nitrogens with one attached hydrogen (secondary N) is 1. The highest BCUT2D eigenvalue weighted by atomic mass is 16.3. The SMILES string of the molecule is CCCCCCCCCCCCCCCCC(=O)N[C@@H](CO)[C@H](O)CCCCCCCCCCCC. The van der Waals surface area contributed by atoms with Gasteiger partial charge in [0.15, 0.2) is 0 Å². The van der Waals surface area contributed by atoms with Crippen LogP contribution < -0.4 is 5.32 Å². The van der Waals surface area contributed by atoms with Crippen LogP contribution in [0, 0.1) is 0 Å². The van der Waals surface area contributed by atoms with Crippen molar-refractivity contribution in [2.45, 2.75) is 193 Å². The van der Waals surface area contributed by atoms with Gasteiger partial charge in [-0.1, -0.05) is 162 Å². The Hall–Kier alpha value is -0.610. The average molecular weight is 512 g/mol. The zero-order valence-corrected chi connectivity index (χ0v) is 24.5. The fourth-order valence-electron chi connectivity index (χ4n) is 5.06. The number of aliphatic hydroxyl groups excluding tert-OH is 2. The molecule has 0 spiro atoms. The molecule has 4 nitrogen and oxygen atoms in total. The minimum Gasteiger partial charge on any atom is -0.394 e. The van der Waals surface area contributed by atoms with E-state index in [1.54, 1.807) is 0 Å². The van der Waals surface area contributed by atoms with Gasteiger partial charge < -0.3 is 15.5 Å². The van der Waals surface area contributed by atoms with E-state index >= 15 is 0 Å². The normalized spacial score (nSPS) is 13.1. The number of hydrogen-bond acceptors (Lipinski definition) is 3. The lowest BCUT2D eigenvalue weighted by Crippen LogP contribution is -2.45. The first-order chi connectivity index (χ1) is 17.7. The van der Waals surface area contributed by atoms with E-state index in [0.29, 0.717) is 12.8 Å². The third-order valence-electron chi connectivity index (χ3n) is 7.62. The Morgan fingerprint density at radius 1 is 0.556 bits per heavy atom. The second kappa shape index (κ2) is 29.0. The molecule has 0 radical (unpaired) electrons. The summed E-state index contributed by atoms with van der Waals surface area (Å²) in [6.45, 7) is 4.33. The smallest absolute Gasteiger partial charge is 0.220 e. The molecule has 0 aliphatic heterocycles. The largest absolute Gasteiger partial charge is 0.394 e. The Morgan fingerprint density at radius 2 is 0.889 bits per heavy atom. The fraction of sp³-hybridized carbons (Fsp3) is 0.969. The van der Waals surface area contributed by atoms with Gasteiger partial charge in [0, 0.05) is 6.42 Å². The minimum absolute atomic E-state index is 0.0323. The summed E-state index contributed by atoms with van der Waals surface area (Å²) in [6, 6.07) is -0.525. The number of rotatable bonds is 29. The van der Waals surface area contributed by atoms with Gasteiger partial charge in [0.1, 0.15) is 0 Å². The number of amides is 1. The Kier molecular flexibility index (Phi) is 28.5. The van der Waals surface area contributed by atoms with Crippen molar-refractivity contribution in [2.24, 2.45) is 0 Å². The molecule has 2 atom stereocenters. The summed E-state index contributed by atoms with van der Waals surface area (Å²) in [7, 11) is 0. The van der Waals surface area contributed by atoms with Gasteiger partial charge in [0.25, 0.3) is 0 Å². The maximum Gasteiger partial charge on any atom is 0.220 e. The predicted octanol–water partition coefficient (Wildman–Crippen LogP) is 9.01. The van der Waals surface area contributed by atoms with Crippen LogP contribution in [0.2, 0.25) is 0 Å². The van der Waals surface area contributed by atoms with E-state index in [1.807, 2.05) is 0 Å². The zero-order valence-electron chi connectivity index (χ0n) is 24.5.